The topological polar surface area (TPSA) is 67.5 Å². The molecule has 0 radical (unpaired) electrons. The Morgan fingerprint density at radius 1 is 1.35 bits per heavy atom. The predicted molar refractivity (Wildman–Crippen MR) is 103 cm³/mol. The Morgan fingerprint density at radius 3 is 2.83 bits per heavy atom. The van der Waals surface area contributed by atoms with Gasteiger partial charge < -0.3 is 11.1 Å². The van der Waals surface area contributed by atoms with Crippen molar-refractivity contribution < 1.29 is 4.79 Å². The van der Waals surface area contributed by atoms with Crippen molar-refractivity contribution in [1.29, 1.82) is 0 Å². The van der Waals surface area contributed by atoms with Crippen LogP contribution < -0.4 is 11.1 Å². The van der Waals surface area contributed by atoms with Crippen molar-refractivity contribution >= 4 is 46.3 Å². The van der Waals surface area contributed by atoms with Crippen molar-refractivity contribution in [2.45, 2.75) is 72.9 Å². The van der Waals surface area contributed by atoms with Crippen LogP contribution in [0.25, 0.3) is 0 Å². The molecule has 1 amide bonds. The highest BCUT2D eigenvalue weighted by atomic mass is 127. The fourth-order valence-electron chi connectivity index (χ4n) is 4.69. The number of halogens is 2. The van der Waals surface area contributed by atoms with E-state index in [1.54, 1.807) is 0 Å². The molecule has 0 aromatic rings. The molecule has 0 aromatic heterocycles. The van der Waals surface area contributed by atoms with Gasteiger partial charge in [-0.25, -0.2) is 0 Å². The summed E-state index contributed by atoms with van der Waals surface area (Å²) in [6, 6.07) is 0.835. The molecular weight excluding hydrogens is 425 g/mol. The van der Waals surface area contributed by atoms with Gasteiger partial charge in [-0.1, -0.05) is 35.9 Å². The van der Waals surface area contributed by atoms with E-state index in [1.165, 1.54) is 6.42 Å². The summed E-state index contributed by atoms with van der Waals surface area (Å²) in [5.74, 6) is 0.419. The lowest BCUT2D eigenvalue weighted by molar-refractivity contribution is -0.121. The largest absolute Gasteiger partial charge is 0.369 e. The van der Waals surface area contributed by atoms with Crippen LogP contribution in [0.5, 0.6) is 0 Å². The van der Waals surface area contributed by atoms with Crippen LogP contribution in [0.2, 0.25) is 0 Å². The smallest absolute Gasteiger partial charge is 0.227 e. The number of hydrogen-bond acceptors (Lipinski definition) is 3. The van der Waals surface area contributed by atoms with E-state index in [2.05, 4.69) is 34.8 Å². The molecule has 2 fully saturated rings. The second kappa shape index (κ2) is 7.56. The summed E-state index contributed by atoms with van der Waals surface area (Å²) in [5.41, 5.74) is 5.68. The Balaban J connectivity index is 1.80. The van der Waals surface area contributed by atoms with E-state index in [4.69, 9.17) is 22.3 Å². The number of aliphatic imine (C=N–C) groups is 1. The summed E-state index contributed by atoms with van der Waals surface area (Å²) in [5, 5.41) is 4.03. The first-order chi connectivity index (χ1) is 11.0. The molecule has 1 aliphatic heterocycles. The maximum atomic E-state index is 12.0. The van der Waals surface area contributed by atoms with Crippen molar-refractivity contribution in [2.75, 3.05) is 0 Å². The molecule has 0 saturated heterocycles. The average Bonchev–Trinajstić information content (AvgIpc) is 2.47. The second-order valence-corrected chi connectivity index (χ2v) is 9.96. The number of nitrogens with one attached hydrogen (secondary N) is 1. The average molecular weight is 452 g/mol. The highest BCUT2D eigenvalue weighted by molar-refractivity contribution is 14.1. The van der Waals surface area contributed by atoms with Gasteiger partial charge in [0, 0.05) is 27.6 Å². The fourth-order valence-corrected chi connectivity index (χ4v) is 6.45. The first-order valence-electron chi connectivity index (χ1n) is 8.82. The molecule has 3 rings (SSSR count). The molecule has 3 N–H and O–H groups in total. The molecule has 1 heterocycles. The molecular formula is C17H27ClIN3O. The maximum absolute atomic E-state index is 12.0. The van der Waals surface area contributed by atoms with E-state index in [1.807, 2.05) is 6.21 Å². The number of fused-ring (bicyclic) bond motifs is 1. The van der Waals surface area contributed by atoms with E-state index in [-0.39, 0.29) is 23.2 Å². The summed E-state index contributed by atoms with van der Waals surface area (Å²) < 4.78 is 0.655. The zero-order valence-electron chi connectivity index (χ0n) is 13.6. The zero-order chi connectivity index (χ0) is 16.6. The lowest BCUT2D eigenvalue weighted by atomic mass is 9.69. The van der Waals surface area contributed by atoms with Crippen LogP contribution in [0.15, 0.2) is 4.99 Å². The number of carbonyl (C=O) groups excluding carboxylic acids is 1. The van der Waals surface area contributed by atoms with Crippen molar-refractivity contribution in [1.82, 2.24) is 5.32 Å². The van der Waals surface area contributed by atoms with Crippen LogP contribution in [0.1, 0.15) is 45.4 Å². The van der Waals surface area contributed by atoms with Crippen molar-refractivity contribution in [3.8, 4) is 0 Å². The Kier molecular flexibility index (Phi) is 5.89. The number of primary amides is 1. The van der Waals surface area contributed by atoms with Gasteiger partial charge in [0.1, 0.15) is 0 Å². The third kappa shape index (κ3) is 4.03. The molecule has 0 aromatic carbocycles. The van der Waals surface area contributed by atoms with Gasteiger partial charge in [0.2, 0.25) is 5.91 Å². The number of carbonyl (C=O) groups is 1. The van der Waals surface area contributed by atoms with E-state index in [0.717, 1.165) is 32.1 Å². The summed E-state index contributed by atoms with van der Waals surface area (Å²) in [4.78, 5) is 16.7. The van der Waals surface area contributed by atoms with Crippen LogP contribution in [0.4, 0.5) is 0 Å². The molecule has 0 spiro atoms. The van der Waals surface area contributed by atoms with Crippen molar-refractivity contribution in [2.24, 2.45) is 28.5 Å². The number of nitrogens with zero attached hydrogens (tertiary/aromatic N) is 1. The summed E-state index contributed by atoms with van der Waals surface area (Å²) in [6.07, 6.45) is 8.54. The first kappa shape index (κ1) is 17.9. The number of amides is 1. The van der Waals surface area contributed by atoms with Crippen LogP contribution in [0, 0.1) is 17.8 Å². The van der Waals surface area contributed by atoms with Gasteiger partial charge in [-0.3, -0.25) is 9.79 Å². The third-order valence-electron chi connectivity index (χ3n) is 5.81. The van der Waals surface area contributed by atoms with Gasteiger partial charge in [-0.05, 0) is 43.9 Å². The van der Waals surface area contributed by atoms with Gasteiger partial charge in [0.15, 0.2) is 0 Å². The number of hydrogen-bond donors (Lipinski definition) is 2. The monoisotopic (exact) mass is 451 g/mol. The van der Waals surface area contributed by atoms with Crippen LogP contribution in [-0.2, 0) is 4.79 Å². The van der Waals surface area contributed by atoms with Crippen molar-refractivity contribution in [3.05, 3.63) is 0 Å². The van der Waals surface area contributed by atoms with Crippen LogP contribution in [-0.4, -0.2) is 39.5 Å². The molecule has 2 aliphatic carbocycles. The predicted octanol–water partition coefficient (Wildman–Crippen LogP) is 2.90. The van der Waals surface area contributed by atoms with E-state index in [9.17, 15) is 4.79 Å². The lowest BCUT2D eigenvalue weighted by Crippen LogP contribution is -2.59. The Morgan fingerprint density at radius 2 is 2.13 bits per heavy atom. The van der Waals surface area contributed by atoms with Crippen molar-refractivity contribution in [3.63, 3.8) is 0 Å². The molecule has 6 heteroatoms. The fraction of sp³-hybridized carbons (Fsp3) is 0.882. The standard InChI is InChI=1S/C17H27ClIN3O/c1-9-5-11(19)7-13-15(9)21-8-14(17(20)23)16(13)22-12-4-2-3-10(18)6-12/h8-16,22H,2-7H2,1H3,(H2,20,23). The van der Waals surface area contributed by atoms with E-state index in [0.29, 0.717) is 27.8 Å². The molecule has 4 nitrogen and oxygen atoms in total. The summed E-state index contributed by atoms with van der Waals surface area (Å²) in [7, 11) is 0. The molecule has 130 valence electrons. The minimum Gasteiger partial charge on any atom is -0.369 e. The van der Waals surface area contributed by atoms with Gasteiger partial charge in [-0.2, -0.15) is 0 Å². The number of alkyl halides is 2. The quantitative estimate of drug-likeness (QED) is 0.512. The highest BCUT2D eigenvalue weighted by Crippen LogP contribution is 2.41. The highest BCUT2D eigenvalue weighted by Gasteiger charge is 2.46. The van der Waals surface area contributed by atoms with Gasteiger partial charge >= 0.3 is 0 Å². The molecule has 0 bridgehead atoms. The molecule has 2 saturated carbocycles. The molecule has 8 unspecified atom stereocenters. The van der Waals surface area contributed by atoms with Crippen LogP contribution >= 0.6 is 34.2 Å². The summed E-state index contributed by atoms with van der Waals surface area (Å²) in [6.45, 7) is 2.29. The Hall–Kier alpha value is 0.120. The normalized spacial score (nSPS) is 47.1. The Labute approximate surface area is 157 Å². The van der Waals surface area contributed by atoms with Crippen LogP contribution in [0.3, 0.4) is 0 Å². The maximum Gasteiger partial charge on any atom is 0.227 e. The molecule has 8 atom stereocenters. The number of nitrogens with two attached hydrogens (primary N) is 1. The van der Waals surface area contributed by atoms with E-state index < -0.39 is 0 Å². The minimum atomic E-state index is -0.291. The number of rotatable bonds is 3. The van der Waals surface area contributed by atoms with Gasteiger partial charge in [0.25, 0.3) is 0 Å². The SMILES string of the molecule is CC1CC(I)CC2C1N=CC(C(N)=O)C2NC1CCCC(Cl)C1. The first-order valence-corrected chi connectivity index (χ1v) is 10.5. The zero-order valence-corrected chi connectivity index (χ0v) is 16.5. The third-order valence-corrected chi connectivity index (χ3v) is 7.22. The summed E-state index contributed by atoms with van der Waals surface area (Å²) >= 11 is 8.91. The van der Waals surface area contributed by atoms with Gasteiger partial charge in [-0.15, -0.1) is 11.6 Å². The molecule has 3 aliphatic rings. The van der Waals surface area contributed by atoms with E-state index >= 15 is 0 Å². The lowest BCUT2D eigenvalue weighted by Gasteiger charge is -2.46. The van der Waals surface area contributed by atoms with Gasteiger partial charge in [0.05, 0.1) is 12.0 Å². The molecule has 23 heavy (non-hydrogen) atoms. The Bertz CT molecular complexity index is 475. The minimum absolute atomic E-state index is 0.113. The second-order valence-electron chi connectivity index (χ2n) is 7.58.